The van der Waals surface area contributed by atoms with Gasteiger partial charge in [0.05, 0.1) is 19.9 Å². The highest BCUT2D eigenvalue weighted by Gasteiger charge is 2.23. The Labute approximate surface area is 157 Å². The Bertz CT molecular complexity index is 776. The summed E-state index contributed by atoms with van der Waals surface area (Å²) in [6.07, 6.45) is 4.14. The number of amides is 1. The normalized spacial score (nSPS) is 14.7. The van der Waals surface area contributed by atoms with Gasteiger partial charge in [-0.15, -0.1) is 0 Å². The average Bonchev–Trinajstić information content (AvgIpc) is 2.68. The third-order valence-corrected chi connectivity index (χ3v) is 4.36. The van der Waals surface area contributed by atoms with Crippen molar-refractivity contribution in [2.24, 2.45) is 0 Å². The molecule has 3 heterocycles. The first-order valence-corrected chi connectivity index (χ1v) is 8.76. The van der Waals surface area contributed by atoms with Crippen LogP contribution in [0.2, 0.25) is 0 Å². The molecule has 9 nitrogen and oxygen atoms in total. The molecule has 27 heavy (non-hydrogen) atoms. The van der Waals surface area contributed by atoms with Gasteiger partial charge in [0.15, 0.2) is 0 Å². The van der Waals surface area contributed by atoms with Gasteiger partial charge >= 0.3 is 6.09 Å². The number of rotatable bonds is 6. The molecule has 9 heteroatoms. The topological polar surface area (TPSA) is 110 Å². The standard InChI is InChI=1S/C18H23N5O4/c1-12-9-19-15(11-21-18(24)25)22-17(12)23-7-5-13(6-8-23)27-14-3-4-16(26-2)20-10-14/h3-4,9-10,13,21H,5-8,11H2,1-2H3,(H,24,25). The van der Waals surface area contributed by atoms with Crippen molar-refractivity contribution in [2.45, 2.75) is 32.4 Å². The monoisotopic (exact) mass is 373 g/mol. The molecule has 0 aromatic carbocycles. The summed E-state index contributed by atoms with van der Waals surface area (Å²) in [5.74, 6) is 2.59. The molecule has 1 aliphatic rings. The molecule has 2 N–H and O–H groups in total. The Balaban J connectivity index is 1.58. The quantitative estimate of drug-likeness (QED) is 0.791. The summed E-state index contributed by atoms with van der Waals surface area (Å²) >= 11 is 0. The molecule has 0 atom stereocenters. The smallest absolute Gasteiger partial charge is 0.405 e. The first-order valence-electron chi connectivity index (χ1n) is 8.76. The Morgan fingerprint density at radius 2 is 2.07 bits per heavy atom. The molecule has 1 saturated heterocycles. The molecule has 1 aliphatic heterocycles. The summed E-state index contributed by atoms with van der Waals surface area (Å²) in [5.41, 5.74) is 0.966. The van der Waals surface area contributed by atoms with Crippen LogP contribution in [-0.2, 0) is 6.54 Å². The second-order valence-electron chi connectivity index (χ2n) is 6.29. The van der Waals surface area contributed by atoms with E-state index < -0.39 is 6.09 Å². The molecule has 1 amide bonds. The maximum atomic E-state index is 10.6. The van der Waals surface area contributed by atoms with Gasteiger partial charge < -0.3 is 24.8 Å². The fraction of sp³-hybridized carbons (Fsp3) is 0.444. The molecule has 0 bridgehead atoms. The highest BCUT2D eigenvalue weighted by Crippen LogP contribution is 2.24. The summed E-state index contributed by atoms with van der Waals surface area (Å²) in [6, 6.07) is 3.63. The summed E-state index contributed by atoms with van der Waals surface area (Å²) in [6.45, 7) is 3.65. The lowest BCUT2D eigenvalue weighted by atomic mass is 10.1. The molecule has 0 radical (unpaired) electrons. The van der Waals surface area contributed by atoms with Crippen LogP contribution in [-0.4, -0.2) is 52.5 Å². The zero-order valence-electron chi connectivity index (χ0n) is 15.4. The van der Waals surface area contributed by atoms with Crippen LogP contribution in [0.4, 0.5) is 10.6 Å². The first kappa shape index (κ1) is 18.7. The van der Waals surface area contributed by atoms with Gasteiger partial charge in [0.1, 0.15) is 23.5 Å². The number of nitrogens with one attached hydrogen (secondary N) is 1. The van der Waals surface area contributed by atoms with Crippen LogP contribution < -0.4 is 19.7 Å². The number of hydrogen-bond acceptors (Lipinski definition) is 7. The Morgan fingerprint density at radius 3 is 2.70 bits per heavy atom. The average molecular weight is 373 g/mol. The second-order valence-corrected chi connectivity index (χ2v) is 6.29. The summed E-state index contributed by atoms with van der Waals surface area (Å²) in [4.78, 5) is 25.7. The van der Waals surface area contributed by atoms with Gasteiger partial charge in [-0.05, 0) is 13.0 Å². The molecule has 0 unspecified atom stereocenters. The number of nitrogens with zero attached hydrogens (tertiary/aromatic N) is 4. The number of pyridine rings is 1. The molecule has 3 rings (SSSR count). The SMILES string of the molecule is COc1ccc(OC2CCN(c3nc(CNC(=O)O)ncc3C)CC2)cn1. The van der Waals surface area contributed by atoms with Crippen LogP contribution in [0.25, 0.3) is 0 Å². The predicted molar refractivity (Wildman–Crippen MR) is 98.3 cm³/mol. The van der Waals surface area contributed by atoms with Crippen LogP contribution >= 0.6 is 0 Å². The van der Waals surface area contributed by atoms with E-state index in [4.69, 9.17) is 14.6 Å². The lowest BCUT2D eigenvalue weighted by Gasteiger charge is -2.33. The number of aromatic nitrogens is 3. The van der Waals surface area contributed by atoms with Crippen molar-refractivity contribution in [3.8, 4) is 11.6 Å². The second kappa shape index (κ2) is 8.52. The zero-order valence-corrected chi connectivity index (χ0v) is 15.4. The van der Waals surface area contributed by atoms with E-state index in [0.29, 0.717) is 11.7 Å². The van der Waals surface area contributed by atoms with Crippen molar-refractivity contribution in [1.82, 2.24) is 20.3 Å². The Morgan fingerprint density at radius 1 is 1.30 bits per heavy atom. The molecule has 2 aromatic heterocycles. The van der Waals surface area contributed by atoms with Gasteiger partial charge in [-0.3, -0.25) is 0 Å². The highest BCUT2D eigenvalue weighted by atomic mass is 16.5. The van der Waals surface area contributed by atoms with Crippen LogP contribution in [0.15, 0.2) is 24.5 Å². The number of anilines is 1. The summed E-state index contributed by atoms with van der Waals surface area (Å²) in [5, 5.41) is 11.0. The molecular formula is C18H23N5O4. The van der Waals surface area contributed by atoms with Gasteiger partial charge in [-0.1, -0.05) is 0 Å². The predicted octanol–water partition coefficient (Wildman–Crippen LogP) is 2.00. The number of carbonyl (C=O) groups is 1. The van der Waals surface area contributed by atoms with Gasteiger partial charge in [-0.2, -0.15) is 0 Å². The molecule has 0 aliphatic carbocycles. The van der Waals surface area contributed by atoms with E-state index in [2.05, 4.69) is 25.2 Å². The maximum Gasteiger partial charge on any atom is 0.405 e. The minimum atomic E-state index is -1.09. The van der Waals surface area contributed by atoms with E-state index in [9.17, 15) is 4.79 Å². The summed E-state index contributed by atoms with van der Waals surface area (Å²) < 4.78 is 11.1. The minimum Gasteiger partial charge on any atom is -0.489 e. The lowest BCUT2D eigenvalue weighted by molar-refractivity contribution is 0.169. The highest BCUT2D eigenvalue weighted by molar-refractivity contribution is 5.64. The number of hydrogen-bond donors (Lipinski definition) is 2. The van der Waals surface area contributed by atoms with E-state index in [1.807, 2.05) is 13.0 Å². The molecular weight excluding hydrogens is 350 g/mol. The summed E-state index contributed by atoms with van der Waals surface area (Å²) in [7, 11) is 1.58. The van der Waals surface area contributed by atoms with Crippen molar-refractivity contribution in [2.75, 3.05) is 25.1 Å². The van der Waals surface area contributed by atoms with Crippen LogP contribution in [0.3, 0.4) is 0 Å². The van der Waals surface area contributed by atoms with Crippen molar-refractivity contribution in [1.29, 1.82) is 0 Å². The van der Waals surface area contributed by atoms with E-state index >= 15 is 0 Å². The van der Waals surface area contributed by atoms with Crippen molar-refractivity contribution < 1.29 is 19.4 Å². The lowest BCUT2D eigenvalue weighted by Crippen LogP contribution is -2.39. The third kappa shape index (κ3) is 4.96. The van der Waals surface area contributed by atoms with E-state index in [1.54, 1.807) is 25.6 Å². The molecule has 2 aromatic rings. The fourth-order valence-electron chi connectivity index (χ4n) is 2.96. The van der Waals surface area contributed by atoms with E-state index in [-0.39, 0.29) is 12.6 Å². The maximum absolute atomic E-state index is 10.6. The van der Waals surface area contributed by atoms with Crippen LogP contribution in [0.1, 0.15) is 24.2 Å². The van der Waals surface area contributed by atoms with Crippen molar-refractivity contribution in [3.63, 3.8) is 0 Å². The van der Waals surface area contributed by atoms with Crippen molar-refractivity contribution in [3.05, 3.63) is 35.9 Å². The number of carboxylic acid groups (broad SMARTS) is 1. The Hall–Kier alpha value is -3.10. The van der Waals surface area contributed by atoms with E-state index in [1.165, 1.54) is 0 Å². The molecule has 0 spiro atoms. The number of piperidine rings is 1. The largest absolute Gasteiger partial charge is 0.489 e. The van der Waals surface area contributed by atoms with E-state index in [0.717, 1.165) is 43.1 Å². The zero-order chi connectivity index (χ0) is 19.2. The third-order valence-electron chi connectivity index (χ3n) is 4.36. The Kier molecular flexibility index (Phi) is 5.90. The number of aryl methyl sites for hydroxylation is 1. The fourth-order valence-corrected chi connectivity index (χ4v) is 2.96. The van der Waals surface area contributed by atoms with Crippen LogP contribution in [0.5, 0.6) is 11.6 Å². The number of ether oxygens (including phenoxy) is 2. The van der Waals surface area contributed by atoms with Gasteiger partial charge in [0.25, 0.3) is 0 Å². The molecule has 0 saturated carbocycles. The van der Waals surface area contributed by atoms with Gasteiger partial charge in [-0.25, -0.2) is 19.7 Å². The van der Waals surface area contributed by atoms with Crippen molar-refractivity contribution >= 4 is 11.9 Å². The number of methoxy groups -OCH3 is 1. The molecule has 144 valence electrons. The molecule has 1 fully saturated rings. The van der Waals surface area contributed by atoms with Gasteiger partial charge in [0, 0.05) is 43.8 Å². The van der Waals surface area contributed by atoms with Gasteiger partial charge in [0.2, 0.25) is 5.88 Å². The van der Waals surface area contributed by atoms with Crippen LogP contribution in [0, 0.1) is 6.92 Å². The minimum absolute atomic E-state index is 0.0899. The first-order chi connectivity index (χ1) is 13.0.